The average Bonchev–Trinajstić information content (AvgIpc) is 2.28. The first-order valence-electron chi connectivity index (χ1n) is 5.19. The van der Waals surface area contributed by atoms with E-state index in [9.17, 15) is 14.3 Å². The number of hydrogen-bond donors (Lipinski definition) is 1. The predicted octanol–water partition coefficient (Wildman–Crippen LogP) is 2.56. The molecule has 3 nitrogen and oxygen atoms in total. The molecule has 94 valence electrons. The molecule has 1 aromatic carbocycles. The van der Waals surface area contributed by atoms with Gasteiger partial charge < -0.3 is 9.84 Å². The first-order valence-corrected chi connectivity index (χ1v) is 5.98. The Hall–Kier alpha value is -0.940. The second kappa shape index (κ2) is 5.60. The molecule has 2 atom stereocenters. The summed E-state index contributed by atoms with van der Waals surface area (Å²) in [5, 5.41) is 10.1. The zero-order valence-electron chi connectivity index (χ0n) is 9.61. The van der Waals surface area contributed by atoms with Crippen molar-refractivity contribution in [3.63, 3.8) is 0 Å². The van der Waals surface area contributed by atoms with E-state index in [2.05, 4.69) is 20.7 Å². The summed E-state index contributed by atoms with van der Waals surface area (Å²) in [5.41, 5.74) is -1.62. The van der Waals surface area contributed by atoms with E-state index in [1.54, 1.807) is 31.2 Å². The van der Waals surface area contributed by atoms with E-state index in [0.717, 1.165) is 0 Å². The Morgan fingerprint density at radius 1 is 1.59 bits per heavy atom. The summed E-state index contributed by atoms with van der Waals surface area (Å²) in [4.78, 5) is 11.3. The molecule has 0 aliphatic heterocycles. The molecule has 0 saturated carbocycles. The maximum atomic E-state index is 13.9. The van der Waals surface area contributed by atoms with Crippen LogP contribution < -0.4 is 0 Å². The van der Waals surface area contributed by atoms with Crippen molar-refractivity contribution in [1.82, 2.24) is 0 Å². The number of esters is 1. The number of alkyl halides is 1. The van der Waals surface area contributed by atoms with Crippen molar-refractivity contribution in [2.45, 2.75) is 25.6 Å². The molecule has 5 heteroatoms. The maximum Gasteiger partial charge on any atom is 0.344 e. The standard InChI is InChI=1S/C12H14BrFO3/c1-3-17-11(15)10(14)12(2,16)8-6-4-5-7-9(8)13/h4-7,10,16H,3H2,1-2H3. The van der Waals surface area contributed by atoms with Crippen LogP contribution in [0.2, 0.25) is 0 Å². The first-order chi connectivity index (χ1) is 7.91. The highest BCUT2D eigenvalue weighted by molar-refractivity contribution is 9.10. The van der Waals surface area contributed by atoms with E-state index in [-0.39, 0.29) is 6.61 Å². The quantitative estimate of drug-likeness (QED) is 0.870. The van der Waals surface area contributed by atoms with Crippen LogP contribution in [0.1, 0.15) is 19.4 Å². The van der Waals surface area contributed by atoms with Crippen LogP contribution >= 0.6 is 15.9 Å². The molecule has 0 spiro atoms. The van der Waals surface area contributed by atoms with Crippen molar-refractivity contribution >= 4 is 21.9 Å². The summed E-state index contributed by atoms with van der Waals surface area (Å²) >= 11 is 3.21. The Bertz CT molecular complexity index is 406. The number of aliphatic hydroxyl groups is 1. The van der Waals surface area contributed by atoms with Crippen LogP contribution in [0.5, 0.6) is 0 Å². The zero-order chi connectivity index (χ0) is 13.1. The Kier molecular flexibility index (Phi) is 4.65. The molecule has 0 amide bonds. The Morgan fingerprint density at radius 2 is 2.18 bits per heavy atom. The molecule has 1 N–H and O–H groups in total. The molecule has 0 aliphatic rings. The summed E-state index contributed by atoms with van der Waals surface area (Å²) in [5.74, 6) is -1.06. The highest BCUT2D eigenvalue weighted by Gasteiger charge is 2.41. The Labute approximate surface area is 108 Å². The highest BCUT2D eigenvalue weighted by atomic mass is 79.9. The Morgan fingerprint density at radius 3 is 2.71 bits per heavy atom. The van der Waals surface area contributed by atoms with Gasteiger partial charge in [-0.1, -0.05) is 34.1 Å². The van der Waals surface area contributed by atoms with Crippen molar-refractivity contribution in [1.29, 1.82) is 0 Å². The second-order valence-corrected chi connectivity index (χ2v) is 4.60. The van der Waals surface area contributed by atoms with Crippen LogP contribution in [0.3, 0.4) is 0 Å². The summed E-state index contributed by atoms with van der Waals surface area (Å²) in [6, 6.07) is 6.62. The third kappa shape index (κ3) is 3.04. The number of ether oxygens (including phenoxy) is 1. The fourth-order valence-electron chi connectivity index (χ4n) is 1.45. The van der Waals surface area contributed by atoms with E-state index >= 15 is 0 Å². The van der Waals surface area contributed by atoms with Gasteiger partial charge in [0.15, 0.2) is 0 Å². The van der Waals surface area contributed by atoms with Gasteiger partial charge in [-0.3, -0.25) is 0 Å². The fraction of sp³-hybridized carbons (Fsp3) is 0.417. The van der Waals surface area contributed by atoms with E-state index < -0.39 is 17.7 Å². The van der Waals surface area contributed by atoms with Crippen molar-refractivity contribution in [2.75, 3.05) is 6.61 Å². The third-order valence-corrected chi connectivity index (χ3v) is 3.10. The largest absolute Gasteiger partial charge is 0.464 e. The first kappa shape index (κ1) is 14.1. The summed E-state index contributed by atoms with van der Waals surface area (Å²) in [7, 11) is 0. The fourth-order valence-corrected chi connectivity index (χ4v) is 2.14. The predicted molar refractivity (Wildman–Crippen MR) is 65.2 cm³/mol. The zero-order valence-corrected chi connectivity index (χ0v) is 11.2. The van der Waals surface area contributed by atoms with Gasteiger partial charge in [0.2, 0.25) is 6.17 Å². The minimum Gasteiger partial charge on any atom is -0.464 e. The van der Waals surface area contributed by atoms with Crippen LogP contribution in [0.25, 0.3) is 0 Å². The van der Waals surface area contributed by atoms with E-state index in [0.29, 0.717) is 10.0 Å². The lowest BCUT2D eigenvalue weighted by molar-refractivity contribution is -0.160. The Balaban J connectivity index is 3.02. The molecule has 0 aliphatic carbocycles. The summed E-state index contributed by atoms with van der Waals surface area (Å²) < 4.78 is 19.0. The molecular formula is C12H14BrFO3. The number of hydrogen-bond acceptors (Lipinski definition) is 3. The summed E-state index contributed by atoms with van der Waals surface area (Å²) in [6.07, 6.45) is -2.12. The number of carbonyl (C=O) groups is 1. The highest BCUT2D eigenvalue weighted by Crippen LogP contribution is 2.32. The monoisotopic (exact) mass is 304 g/mol. The molecule has 2 unspecified atom stereocenters. The van der Waals surface area contributed by atoms with Gasteiger partial charge in [-0.05, 0) is 19.9 Å². The van der Waals surface area contributed by atoms with Crippen LogP contribution in [0.4, 0.5) is 4.39 Å². The molecule has 0 saturated heterocycles. The molecule has 0 aromatic heterocycles. The van der Waals surface area contributed by atoms with Crippen LogP contribution in [0.15, 0.2) is 28.7 Å². The molecule has 1 aromatic rings. The number of rotatable bonds is 4. The van der Waals surface area contributed by atoms with Gasteiger partial charge in [0.25, 0.3) is 0 Å². The van der Waals surface area contributed by atoms with Crippen LogP contribution in [-0.4, -0.2) is 23.9 Å². The molecule has 0 fully saturated rings. The van der Waals surface area contributed by atoms with Gasteiger partial charge in [-0.2, -0.15) is 0 Å². The van der Waals surface area contributed by atoms with Gasteiger partial charge in [-0.15, -0.1) is 0 Å². The number of carbonyl (C=O) groups excluding carboxylic acids is 1. The number of benzene rings is 1. The maximum absolute atomic E-state index is 13.9. The van der Waals surface area contributed by atoms with Gasteiger partial charge in [0.1, 0.15) is 5.60 Å². The van der Waals surface area contributed by atoms with Crippen LogP contribution in [-0.2, 0) is 15.1 Å². The third-order valence-electron chi connectivity index (χ3n) is 2.41. The van der Waals surface area contributed by atoms with Gasteiger partial charge >= 0.3 is 5.97 Å². The minimum atomic E-state index is -2.12. The number of halogens is 2. The van der Waals surface area contributed by atoms with Crippen molar-refractivity contribution in [3.8, 4) is 0 Å². The van der Waals surface area contributed by atoms with E-state index in [1.165, 1.54) is 6.92 Å². The lowest BCUT2D eigenvalue weighted by Crippen LogP contribution is -2.40. The van der Waals surface area contributed by atoms with E-state index in [4.69, 9.17) is 0 Å². The van der Waals surface area contributed by atoms with Gasteiger partial charge in [-0.25, -0.2) is 9.18 Å². The molecule has 1 rings (SSSR count). The summed E-state index contributed by atoms with van der Waals surface area (Å²) in [6.45, 7) is 2.90. The van der Waals surface area contributed by atoms with E-state index in [1.807, 2.05) is 0 Å². The van der Waals surface area contributed by atoms with Crippen LogP contribution in [0, 0.1) is 0 Å². The molecule has 0 bridgehead atoms. The van der Waals surface area contributed by atoms with Crippen molar-refractivity contribution in [3.05, 3.63) is 34.3 Å². The normalized spacial score (nSPS) is 16.1. The SMILES string of the molecule is CCOC(=O)C(F)C(C)(O)c1ccccc1Br. The smallest absolute Gasteiger partial charge is 0.344 e. The molecule has 17 heavy (non-hydrogen) atoms. The second-order valence-electron chi connectivity index (χ2n) is 3.74. The van der Waals surface area contributed by atoms with Crippen molar-refractivity contribution in [2.24, 2.45) is 0 Å². The molecule has 0 heterocycles. The van der Waals surface area contributed by atoms with Gasteiger partial charge in [0.05, 0.1) is 6.61 Å². The average molecular weight is 305 g/mol. The van der Waals surface area contributed by atoms with Crippen molar-refractivity contribution < 1.29 is 19.0 Å². The molecular weight excluding hydrogens is 291 g/mol. The minimum absolute atomic E-state index is 0.0747. The molecule has 0 radical (unpaired) electrons. The topological polar surface area (TPSA) is 46.5 Å². The lowest BCUT2D eigenvalue weighted by Gasteiger charge is -2.27. The lowest BCUT2D eigenvalue weighted by atomic mass is 9.91. The van der Waals surface area contributed by atoms with Gasteiger partial charge in [0, 0.05) is 10.0 Å².